The van der Waals surface area contributed by atoms with E-state index in [4.69, 9.17) is 9.15 Å². The Morgan fingerprint density at radius 3 is 3.12 bits per heavy atom. The zero-order chi connectivity index (χ0) is 12.0. The van der Waals surface area contributed by atoms with Gasteiger partial charge < -0.3 is 19.3 Å². The fraction of sp³-hybridized carbons (Fsp3) is 0.300. The van der Waals surface area contributed by atoms with Crippen LogP contribution in [0.2, 0.25) is 0 Å². The molecule has 0 fully saturated rings. The summed E-state index contributed by atoms with van der Waals surface area (Å²) in [5, 5.41) is 11.1. The zero-order valence-electron chi connectivity index (χ0n) is 8.99. The number of rotatable bonds is 2. The second-order valence-electron chi connectivity index (χ2n) is 3.84. The number of hydrogen-bond acceptors (Lipinski definition) is 5. The van der Waals surface area contributed by atoms with Gasteiger partial charge in [-0.1, -0.05) is 0 Å². The molecule has 1 unspecified atom stereocenters. The van der Waals surface area contributed by atoms with Crippen LogP contribution in [0, 0.1) is 10.1 Å². The summed E-state index contributed by atoms with van der Waals surface area (Å²) in [5.41, 5.74) is 0.210. The minimum atomic E-state index is -0.463. The van der Waals surface area contributed by atoms with Gasteiger partial charge in [0.1, 0.15) is 12.6 Å². The molecule has 3 rings (SSSR count). The third-order valence-corrected chi connectivity index (χ3v) is 2.58. The monoisotopic (exact) mass is 235 g/mol. The highest BCUT2D eigenvalue weighted by atomic mass is 16.6. The Hall–Kier alpha value is -2.31. The van der Waals surface area contributed by atoms with Crippen molar-refractivity contribution in [3.05, 3.63) is 28.5 Å². The quantitative estimate of drug-likeness (QED) is 0.585. The molecular weight excluding hydrogens is 226 g/mol. The number of furan rings is 1. The van der Waals surface area contributed by atoms with Crippen molar-refractivity contribution >= 4 is 5.82 Å². The van der Waals surface area contributed by atoms with E-state index in [0.717, 1.165) is 0 Å². The van der Waals surface area contributed by atoms with Crippen LogP contribution in [0.4, 0.5) is 5.82 Å². The molecule has 1 atom stereocenters. The van der Waals surface area contributed by atoms with Gasteiger partial charge in [-0.05, 0) is 24.0 Å². The van der Waals surface area contributed by atoms with Gasteiger partial charge in [0.25, 0.3) is 0 Å². The Morgan fingerprint density at radius 1 is 1.65 bits per heavy atom. The van der Waals surface area contributed by atoms with E-state index in [0.29, 0.717) is 12.3 Å². The van der Waals surface area contributed by atoms with Gasteiger partial charge >= 0.3 is 11.8 Å². The van der Waals surface area contributed by atoms with Gasteiger partial charge in [-0.25, -0.2) is 0 Å². The first kappa shape index (κ1) is 9.88. The fourth-order valence-corrected chi connectivity index (χ4v) is 1.92. The fourth-order valence-electron chi connectivity index (χ4n) is 1.92. The van der Waals surface area contributed by atoms with E-state index in [1.807, 2.05) is 6.92 Å². The van der Waals surface area contributed by atoms with Crippen LogP contribution in [0.3, 0.4) is 0 Å². The summed E-state index contributed by atoms with van der Waals surface area (Å²) in [5.74, 6) is 0.286. The van der Waals surface area contributed by atoms with Gasteiger partial charge in [0.15, 0.2) is 5.76 Å². The Bertz CT molecular complexity index is 573. The summed E-state index contributed by atoms with van der Waals surface area (Å²) in [6.45, 7) is 2.27. The van der Waals surface area contributed by atoms with Crippen LogP contribution >= 0.6 is 0 Å². The lowest BCUT2D eigenvalue weighted by Gasteiger charge is -1.99. The molecule has 1 aliphatic heterocycles. The molecule has 2 aromatic rings. The van der Waals surface area contributed by atoms with Crippen LogP contribution in [0.15, 0.2) is 22.8 Å². The minimum absolute atomic E-state index is 0.0840. The average molecular weight is 235 g/mol. The van der Waals surface area contributed by atoms with Crippen molar-refractivity contribution in [3.63, 3.8) is 0 Å². The molecule has 0 saturated heterocycles. The van der Waals surface area contributed by atoms with Crippen molar-refractivity contribution in [2.24, 2.45) is 0 Å². The van der Waals surface area contributed by atoms with Crippen LogP contribution in [-0.4, -0.2) is 20.6 Å². The molecule has 0 N–H and O–H groups in total. The van der Waals surface area contributed by atoms with E-state index >= 15 is 0 Å². The Labute approximate surface area is 95.8 Å². The van der Waals surface area contributed by atoms with Crippen molar-refractivity contribution in [3.8, 4) is 17.5 Å². The van der Waals surface area contributed by atoms with Crippen molar-refractivity contribution in [1.82, 2.24) is 9.55 Å². The number of nitrogens with zero attached hydrogens (tertiary/aromatic N) is 3. The van der Waals surface area contributed by atoms with Gasteiger partial charge in [-0.15, -0.1) is 0 Å². The lowest BCUT2D eigenvalue weighted by Crippen LogP contribution is -2.10. The van der Waals surface area contributed by atoms with E-state index in [2.05, 4.69) is 4.98 Å². The van der Waals surface area contributed by atoms with Crippen LogP contribution in [-0.2, 0) is 6.54 Å². The Morgan fingerprint density at radius 2 is 2.47 bits per heavy atom. The second-order valence-corrected chi connectivity index (χ2v) is 3.84. The standard InChI is InChI=1S/C10H9N3O4/c1-6-5-12-9(13(14)15)8(11-10(12)17-6)7-3-2-4-16-7/h2-4,6H,5H2,1H3. The summed E-state index contributed by atoms with van der Waals surface area (Å²) in [6, 6.07) is 3.57. The molecular formula is C10H9N3O4. The molecule has 7 heteroatoms. The molecule has 3 heterocycles. The van der Waals surface area contributed by atoms with E-state index in [1.165, 1.54) is 10.8 Å². The number of nitro groups is 1. The number of imidazole rings is 1. The molecule has 0 saturated carbocycles. The summed E-state index contributed by atoms with van der Waals surface area (Å²) in [4.78, 5) is 14.7. The highest BCUT2D eigenvalue weighted by Crippen LogP contribution is 2.36. The summed E-state index contributed by atoms with van der Waals surface area (Å²) in [6.07, 6.45) is 1.36. The molecule has 0 spiro atoms. The molecule has 0 radical (unpaired) electrons. The van der Waals surface area contributed by atoms with Gasteiger partial charge in [0.2, 0.25) is 5.69 Å². The molecule has 0 aliphatic carbocycles. The van der Waals surface area contributed by atoms with E-state index in [-0.39, 0.29) is 23.6 Å². The summed E-state index contributed by atoms with van der Waals surface area (Å²) < 4.78 is 12.0. The largest absolute Gasteiger partial charge is 0.462 e. The molecule has 0 aromatic carbocycles. The highest BCUT2D eigenvalue weighted by molar-refractivity contribution is 5.64. The van der Waals surface area contributed by atoms with Gasteiger partial charge in [0, 0.05) is 0 Å². The number of aromatic nitrogens is 2. The van der Waals surface area contributed by atoms with Gasteiger partial charge in [-0.3, -0.25) is 0 Å². The number of ether oxygens (including phenoxy) is 1. The zero-order valence-corrected chi connectivity index (χ0v) is 8.99. The van der Waals surface area contributed by atoms with Crippen molar-refractivity contribution in [2.45, 2.75) is 19.6 Å². The van der Waals surface area contributed by atoms with Crippen molar-refractivity contribution in [2.75, 3.05) is 0 Å². The highest BCUT2D eigenvalue weighted by Gasteiger charge is 2.36. The smallest absolute Gasteiger partial charge is 0.392 e. The first-order chi connectivity index (χ1) is 8.16. The summed E-state index contributed by atoms with van der Waals surface area (Å²) in [7, 11) is 0. The summed E-state index contributed by atoms with van der Waals surface area (Å²) >= 11 is 0. The SMILES string of the molecule is CC1Cn2c(nc(-c3ccco3)c2[N+](=O)[O-])O1. The molecule has 2 aromatic heterocycles. The Kier molecular flexibility index (Phi) is 1.94. The van der Waals surface area contributed by atoms with E-state index in [9.17, 15) is 10.1 Å². The van der Waals surface area contributed by atoms with Gasteiger partial charge in [0.05, 0.1) is 6.26 Å². The first-order valence-corrected chi connectivity index (χ1v) is 5.12. The normalized spacial score (nSPS) is 17.8. The predicted octanol–water partition coefficient (Wildman–Crippen LogP) is 1.83. The van der Waals surface area contributed by atoms with Gasteiger partial charge in [-0.2, -0.15) is 9.55 Å². The minimum Gasteiger partial charge on any atom is -0.462 e. The molecule has 17 heavy (non-hydrogen) atoms. The number of hydrogen-bond donors (Lipinski definition) is 0. The van der Waals surface area contributed by atoms with E-state index < -0.39 is 4.92 Å². The average Bonchev–Trinajstić information content (AvgIpc) is 2.88. The molecule has 0 bridgehead atoms. The third kappa shape index (κ3) is 1.39. The van der Waals surface area contributed by atoms with Crippen molar-refractivity contribution < 1.29 is 14.1 Å². The van der Waals surface area contributed by atoms with E-state index in [1.54, 1.807) is 12.1 Å². The van der Waals surface area contributed by atoms with Crippen LogP contribution in [0.5, 0.6) is 6.01 Å². The maximum absolute atomic E-state index is 11.1. The first-order valence-electron chi connectivity index (χ1n) is 5.12. The molecule has 1 aliphatic rings. The van der Waals surface area contributed by atoms with Crippen molar-refractivity contribution in [1.29, 1.82) is 0 Å². The molecule has 88 valence electrons. The predicted molar refractivity (Wildman–Crippen MR) is 56.7 cm³/mol. The lowest BCUT2D eigenvalue weighted by atomic mass is 10.3. The maximum atomic E-state index is 11.1. The van der Waals surface area contributed by atoms with Crippen LogP contribution in [0.1, 0.15) is 6.92 Å². The third-order valence-electron chi connectivity index (χ3n) is 2.58. The second kappa shape index (κ2) is 3.34. The topological polar surface area (TPSA) is 83.3 Å². The Balaban J connectivity index is 2.18. The molecule has 7 nitrogen and oxygen atoms in total. The lowest BCUT2D eigenvalue weighted by molar-refractivity contribution is -0.391. The van der Waals surface area contributed by atoms with Crippen LogP contribution in [0.25, 0.3) is 11.5 Å². The maximum Gasteiger partial charge on any atom is 0.392 e. The number of fused-ring (bicyclic) bond motifs is 1. The van der Waals surface area contributed by atoms with Crippen LogP contribution < -0.4 is 4.74 Å². The molecule has 0 amide bonds.